The Morgan fingerprint density at radius 2 is 0.897 bits per heavy atom. The Labute approximate surface area is 393 Å². The van der Waals surface area contributed by atoms with Crippen LogP contribution >= 0.6 is 0 Å². The summed E-state index contributed by atoms with van der Waals surface area (Å²) in [6, 6.07) is 90.2. The fourth-order valence-corrected chi connectivity index (χ4v) is 11.4. The lowest BCUT2D eigenvalue weighted by Crippen LogP contribution is -2.28. The normalized spacial score (nSPS) is 12.8. The second-order valence-corrected chi connectivity index (χ2v) is 17.9. The number of hydrogen-bond acceptors (Lipinski definition) is 3. The van der Waals surface area contributed by atoms with Crippen molar-refractivity contribution >= 4 is 71.7 Å². The fourth-order valence-electron chi connectivity index (χ4n) is 11.4. The molecule has 11 aromatic carbocycles. The highest BCUT2D eigenvalue weighted by molar-refractivity contribution is 6.12. The maximum absolute atomic E-state index is 6.55. The highest BCUT2D eigenvalue weighted by Crippen LogP contribution is 2.60. The monoisotopic (exact) mass is 867 g/mol. The van der Waals surface area contributed by atoms with Gasteiger partial charge in [0.2, 0.25) is 0 Å². The molecule has 1 aliphatic carbocycles. The predicted molar refractivity (Wildman–Crippen MR) is 281 cm³/mol. The molecule has 0 radical (unpaired) electrons. The smallest absolute Gasteiger partial charge is 0.143 e. The Morgan fingerprint density at radius 1 is 0.324 bits per heavy atom. The van der Waals surface area contributed by atoms with E-state index in [0.29, 0.717) is 0 Å². The number of furan rings is 2. The first kappa shape index (κ1) is 38.4. The third-order valence-electron chi connectivity index (χ3n) is 14.3. The van der Waals surface area contributed by atoms with Crippen molar-refractivity contribution in [3.63, 3.8) is 0 Å². The second kappa shape index (κ2) is 15.1. The zero-order chi connectivity index (χ0) is 44.8. The van der Waals surface area contributed by atoms with E-state index in [0.717, 1.165) is 83.2 Å². The third kappa shape index (κ3) is 5.66. The van der Waals surface area contributed by atoms with Crippen LogP contribution in [0.25, 0.3) is 88.0 Å². The first-order valence-corrected chi connectivity index (χ1v) is 23.3. The summed E-state index contributed by atoms with van der Waals surface area (Å²) in [5.41, 5.74) is 18.0. The number of anilines is 3. The molecule has 2 heterocycles. The molecule has 3 nitrogen and oxygen atoms in total. The van der Waals surface area contributed by atoms with Gasteiger partial charge in [-0.1, -0.05) is 194 Å². The van der Waals surface area contributed by atoms with E-state index in [4.69, 9.17) is 8.83 Å². The molecule has 0 spiro atoms. The lowest BCUT2D eigenvalue weighted by Gasteiger charge is -2.34. The van der Waals surface area contributed by atoms with E-state index < -0.39 is 5.41 Å². The predicted octanol–water partition coefficient (Wildman–Crippen LogP) is 17.8. The molecular formula is C65H41NO2. The van der Waals surface area contributed by atoms with Gasteiger partial charge in [-0.15, -0.1) is 0 Å². The van der Waals surface area contributed by atoms with Crippen molar-refractivity contribution in [1.29, 1.82) is 0 Å². The van der Waals surface area contributed by atoms with Crippen molar-refractivity contribution in [2.45, 2.75) is 5.41 Å². The number of benzene rings is 11. The lowest BCUT2D eigenvalue weighted by atomic mass is 9.68. The van der Waals surface area contributed by atoms with Crippen LogP contribution in [-0.4, -0.2) is 0 Å². The molecule has 68 heavy (non-hydrogen) atoms. The standard InChI is InChI=1S/C65H41NO2/c1-3-19-46(20-4-1)65(47-21-5-2-6-22-47)56-28-12-9-25-53(56)63-57(65)29-16-31-59(63)66(48-36-33-42(34-37-48)50-26-15-27-52-51-24-11-14-32-60(51)68-64(50)52)58-30-13-10-23-49(58)45-35-38-61-54(40-45)55-39-43-17-7-8-18-44(43)41-62(55)67-61/h1-41H. The van der Waals surface area contributed by atoms with Crippen LogP contribution in [0.15, 0.2) is 258 Å². The lowest BCUT2D eigenvalue weighted by molar-refractivity contribution is 0.669. The van der Waals surface area contributed by atoms with Gasteiger partial charge in [0.25, 0.3) is 0 Å². The Morgan fingerprint density at radius 3 is 1.71 bits per heavy atom. The maximum atomic E-state index is 6.55. The van der Waals surface area contributed by atoms with Crippen LogP contribution in [0.1, 0.15) is 22.3 Å². The largest absolute Gasteiger partial charge is 0.456 e. The minimum absolute atomic E-state index is 0.553. The molecule has 2 aromatic heterocycles. The molecule has 0 bridgehead atoms. The molecule has 3 heteroatoms. The van der Waals surface area contributed by atoms with Crippen molar-refractivity contribution in [2.24, 2.45) is 0 Å². The van der Waals surface area contributed by atoms with Crippen LogP contribution in [-0.2, 0) is 5.41 Å². The molecule has 14 rings (SSSR count). The Kier molecular flexibility index (Phi) is 8.50. The minimum Gasteiger partial charge on any atom is -0.456 e. The number of fused-ring (bicyclic) bond motifs is 10. The van der Waals surface area contributed by atoms with E-state index in [-0.39, 0.29) is 0 Å². The molecule has 0 saturated carbocycles. The highest BCUT2D eigenvalue weighted by Gasteiger charge is 2.47. The van der Waals surface area contributed by atoms with Crippen LogP contribution in [0.4, 0.5) is 17.1 Å². The number of rotatable bonds is 7. The van der Waals surface area contributed by atoms with E-state index in [2.05, 4.69) is 241 Å². The average molecular weight is 868 g/mol. The SMILES string of the molecule is c1ccc(C2(c3ccccc3)c3ccccc3-c3c(N(c4ccc(-c5cccc6c5oc5ccccc56)cc4)c4ccccc4-c4ccc5oc6cc7ccccc7cc6c5c4)cccc32)cc1. The molecule has 0 N–H and O–H groups in total. The molecule has 13 aromatic rings. The van der Waals surface area contributed by atoms with E-state index in [1.807, 2.05) is 12.1 Å². The van der Waals surface area contributed by atoms with Crippen molar-refractivity contribution in [3.8, 4) is 33.4 Å². The van der Waals surface area contributed by atoms with Crippen molar-refractivity contribution < 1.29 is 8.83 Å². The molecule has 318 valence electrons. The quantitative estimate of drug-likeness (QED) is 0.160. The van der Waals surface area contributed by atoms with Gasteiger partial charge in [-0.3, -0.25) is 0 Å². The minimum atomic E-state index is -0.553. The fraction of sp³-hybridized carbons (Fsp3) is 0.0154. The van der Waals surface area contributed by atoms with Gasteiger partial charge >= 0.3 is 0 Å². The summed E-state index contributed by atoms with van der Waals surface area (Å²) in [5.74, 6) is 0. The van der Waals surface area contributed by atoms with Gasteiger partial charge in [-0.25, -0.2) is 0 Å². The van der Waals surface area contributed by atoms with E-state index in [9.17, 15) is 0 Å². The third-order valence-corrected chi connectivity index (χ3v) is 14.3. The Hall–Kier alpha value is -8.92. The van der Waals surface area contributed by atoms with E-state index >= 15 is 0 Å². The Balaban J connectivity index is 1.01. The molecule has 0 atom stereocenters. The van der Waals surface area contributed by atoms with Crippen molar-refractivity contribution in [2.75, 3.05) is 4.90 Å². The van der Waals surface area contributed by atoms with Gasteiger partial charge < -0.3 is 13.7 Å². The number of para-hydroxylation sites is 3. The summed E-state index contributed by atoms with van der Waals surface area (Å²) in [6.07, 6.45) is 0. The summed E-state index contributed by atoms with van der Waals surface area (Å²) < 4.78 is 13.1. The van der Waals surface area contributed by atoms with Crippen molar-refractivity contribution in [3.05, 3.63) is 271 Å². The molecule has 0 saturated heterocycles. The van der Waals surface area contributed by atoms with Crippen LogP contribution < -0.4 is 4.90 Å². The Bertz CT molecular complexity index is 4050. The maximum Gasteiger partial charge on any atom is 0.143 e. The van der Waals surface area contributed by atoms with Gasteiger partial charge in [0, 0.05) is 43.9 Å². The van der Waals surface area contributed by atoms with Crippen LogP contribution in [0.5, 0.6) is 0 Å². The molecule has 1 aliphatic rings. The summed E-state index contributed by atoms with van der Waals surface area (Å²) >= 11 is 0. The van der Waals surface area contributed by atoms with Gasteiger partial charge in [-0.05, 0) is 104 Å². The van der Waals surface area contributed by atoms with Gasteiger partial charge in [0.1, 0.15) is 22.3 Å². The van der Waals surface area contributed by atoms with Crippen LogP contribution in [0.3, 0.4) is 0 Å². The summed E-state index contributed by atoms with van der Waals surface area (Å²) in [4.78, 5) is 2.48. The molecule has 0 aliphatic heterocycles. The van der Waals surface area contributed by atoms with E-state index in [1.54, 1.807) is 0 Å². The molecule has 0 amide bonds. The average Bonchev–Trinajstić information content (AvgIpc) is 4.07. The number of nitrogens with zero attached hydrogens (tertiary/aromatic N) is 1. The number of hydrogen-bond donors (Lipinski definition) is 0. The van der Waals surface area contributed by atoms with Gasteiger partial charge in [0.15, 0.2) is 0 Å². The molecule has 0 unspecified atom stereocenters. The molecule has 0 fully saturated rings. The zero-order valence-corrected chi connectivity index (χ0v) is 36.9. The zero-order valence-electron chi connectivity index (χ0n) is 36.9. The first-order chi connectivity index (χ1) is 33.7. The van der Waals surface area contributed by atoms with Gasteiger partial charge in [-0.2, -0.15) is 0 Å². The van der Waals surface area contributed by atoms with Crippen LogP contribution in [0.2, 0.25) is 0 Å². The summed E-state index contributed by atoms with van der Waals surface area (Å²) in [7, 11) is 0. The second-order valence-electron chi connectivity index (χ2n) is 17.9. The summed E-state index contributed by atoms with van der Waals surface area (Å²) in [6.45, 7) is 0. The molecular weight excluding hydrogens is 827 g/mol. The van der Waals surface area contributed by atoms with Gasteiger partial charge in [0.05, 0.1) is 16.8 Å². The first-order valence-electron chi connectivity index (χ1n) is 23.3. The van der Waals surface area contributed by atoms with Crippen LogP contribution in [0, 0.1) is 0 Å². The summed E-state index contributed by atoms with van der Waals surface area (Å²) in [5, 5.41) is 6.81. The van der Waals surface area contributed by atoms with Crippen molar-refractivity contribution in [1.82, 2.24) is 0 Å². The highest BCUT2D eigenvalue weighted by atomic mass is 16.3. The van der Waals surface area contributed by atoms with E-state index in [1.165, 1.54) is 44.2 Å². The topological polar surface area (TPSA) is 29.5 Å².